The average Bonchev–Trinajstić information content (AvgIpc) is 2.67. The molecular weight excluding hydrogens is 389 g/mol. The van der Waals surface area contributed by atoms with E-state index in [1.165, 1.54) is 23.9 Å². The fraction of sp³-hybridized carbons (Fsp3) is 0.400. The summed E-state index contributed by atoms with van der Waals surface area (Å²) >= 11 is 1.45. The summed E-state index contributed by atoms with van der Waals surface area (Å²) in [5.41, 5.74) is 0.624. The summed E-state index contributed by atoms with van der Waals surface area (Å²) in [5, 5.41) is 10.7. The third-order valence-corrected chi connectivity index (χ3v) is 6.05. The van der Waals surface area contributed by atoms with Gasteiger partial charge in [0.1, 0.15) is 0 Å². The minimum absolute atomic E-state index is 0.225. The molecule has 1 atom stereocenters. The Morgan fingerprint density at radius 3 is 2.46 bits per heavy atom. The largest absolute Gasteiger partial charge is 0.416 e. The Hall–Kier alpha value is -1.74. The lowest BCUT2D eigenvalue weighted by molar-refractivity contribution is -0.137. The molecule has 0 amide bonds. The lowest BCUT2D eigenvalue weighted by Crippen LogP contribution is -2.44. The number of anilines is 2. The fourth-order valence-electron chi connectivity index (χ4n) is 3.55. The van der Waals surface area contributed by atoms with Crippen LogP contribution in [0, 0.1) is 0 Å². The van der Waals surface area contributed by atoms with Gasteiger partial charge in [-0.2, -0.15) is 13.2 Å². The van der Waals surface area contributed by atoms with Crippen LogP contribution in [0.15, 0.2) is 52.3 Å². The van der Waals surface area contributed by atoms with Crippen molar-refractivity contribution in [2.45, 2.75) is 22.1 Å². The average molecular weight is 410 g/mol. The number of para-hydroxylation sites is 1. The Labute approximate surface area is 165 Å². The number of morpholine rings is 1. The first kappa shape index (κ1) is 19.6. The van der Waals surface area contributed by atoms with Crippen LogP contribution < -0.4 is 4.90 Å². The maximum atomic E-state index is 13.3. The number of fused-ring (bicyclic) bond motifs is 2. The monoisotopic (exact) mass is 410 g/mol. The molecule has 0 aliphatic carbocycles. The Kier molecular flexibility index (Phi) is 5.55. The van der Waals surface area contributed by atoms with Gasteiger partial charge in [-0.3, -0.25) is 4.90 Å². The second-order valence-electron chi connectivity index (χ2n) is 6.93. The van der Waals surface area contributed by atoms with Crippen molar-refractivity contribution in [1.82, 2.24) is 4.90 Å². The molecule has 2 aliphatic rings. The summed E-state index contributed by atoms with van der Waals surface area (Å²) < 4.78 is 45.1. The lowest BCUT2D eigenvalue weighted by Gasteiger charge is -2.36. The number of β-amino-alcohol motifs (C(OH)–C–C–N with tert-alkyl or cyclic N) is 1. The Morgan fingerprint density at radius 2 is 1.71 bits per heavy atom. The summed E-state index contributed by atoms with van der Waals surface area (Å²) in [6.07, 6.45) is -5.11. The van der Waals surface area contributed by atoms with Crippen molar-refractivity contribution in [2.24, 2.45) is 0 Å². The third kappa shape index (κ3) is 4.15. The molecule has 4 rings (SSSR count). The molecule has 4 nitrogen and oxygen atoms in total. The Bertz CT molecular complexity index is 840. The number of rotatable bonds is 4. The van der Waals surface area contributed by atoms with E-state index in [2.05, 4.69) is 4.90 Å². The molecule has 28 heavy (non-hydrogen) atoms. The highest BCUT2D eigenvalue weighted by Crippen LogP contribution is 2.49. The van der Waals surface area contributed by atoms with E-state index < -0.39 is 17.8 Å². The standard InChI is InChI=1S/C20H21F3N2O2S/c21-20(22,23)14-5-6-19-17(11-14)25(16-3-1-2-4-18(16)28-19)13-15(26)12-24-7-9-27-10-8-24/h1-6,11,15,26H,7-10,12-13H2. The number of halogens is 3. The molecule has 2 aromatic rings. The lowest BCUT2D eigenvalue weighted by atomic mass is 10.1. The first-order valence-electron chi connectivity index (χ1n) is 9.15. The summed E-state index contributed by atoms with van der Waals surface area (Å²) in [6.45, 7) is 3.45. The summed E-state index contributed by atoms with van der Waals surface area (Å²) in [4.78, 5) is 5.64. The molecule has 0 saturated carbocycles. The highest BCUT2D eigenvalue weighted by atomic mass is 32.2. The van der Waals surface area contributed by atoms with Crippen LogP contribution in [-0.4, -0.2) is 55.5 Å². The molecular formula is C20H21F3N2O2S. The predicted octanol–water partition coefficient (Wildman–Crippen LogP) is 4.00. The summed E-state index contributed by atoms with van der Waals surface area (Å²) in [5.74, 6) is 0. The van der Waals surface area contributed by atoms with Crippen LogP contribution >= 0.6 is 11.8 Å². The molecule has 2 aromatic carbocycles. The fourth-order valence-corrected chi connectivity index (χ4v) is 4.63. The van der Waals surface area contributed by atoms with Crippen molar-refractivity contribution in [3.63, 3.8) is 0 Å². The molecule has 0 spiro atoms. The summed E-state index contributed by atoms with van der Waals surface area (Å²) in [7, 11) is 0. The zero-order valence-corrected chi connectivity index (χ0v) is 16.0. The molecule has 8 heteroatoms. The van der Waals surface area contributed by atoms with Gasteiger partial charge in [-0.25, -0.2) is 0 Å². The van der Waals surface area contributed by atoms with Crippen molar-refractivity contribution in [1.29, 1.82) is 0 Å². The van der Waals surface area contributed by atoms with Gasteiger partial charge < -0.3 is 14.7 Å². The number of aliphatic hydroxyl groups is 1. The molecule has 1 saturated heterocycles. The van der Waals surface area contributed by atoms with E-state index in [-0.39, 0.29) is 6.54 Å². The van der Waals surface area contributed by atoms with E-state index in [9.17, 15) is 18.3 Å². The topological polar surface area (TPSA) is 35.9 Å². The van der Waals surface area contributed by atoms with Gasteiger partial charge in [-0.15, -0.1) is 0 Å². The smallest absolute Gasteiger partial charge is 0.390 e. The zero-order valence-electron chi connectivity index (χ0n) is 15.2. The number of aliphatic hydroxyl groups excluding tert-OH is 1. The van der Waals surface area contributed by atoms with Crippen molar-refractivity contribution in [3.8, 4) is 0 Å². The van der Waals surface area contributed by atoms with Gasteiger partial charge in [0.25, 0.3) is 0 Å². The number of nitrogens with zero attached hydrogens (tertiary/aromatic N) is 2. The number of benzene rings is 2. The molecule has 2 aliphatic heterocycles. The SMILES string of the molecule is OC(CN1CCOCC1)CN1c2ccccc2Sc2ccc(C(F)(F)F)cc21. The van der Waals surface area contributed by atoms with Crippen LogP contribution in [0.25, 0.3) is 0 Å². The van der Waals surface area contributed by atoms with Crippen LogP contribution in [0.3, 0.4) is 0 Å². The van der Waals surface area contributed by atoms with Crippen LogP contribution in [0.2, 0.25) is 0 Å². The minimum Gasteiger partial charge on any atom is -0.390 e. The maximum Gasteiger partial charge on any atom is 0.416 e. The van der Waals surface area contributed by atoms with E-state index in [1.807, 2.05) is 29.2 Å². The van der Waals surface area contributed by atoms with Crippen LogP contribution in [0.4, 0.5) is 24.5 Å². The van der Waals surface area contributed by atoms with Gasteiger partial charge in [0.15, 0.2) is 0 Å². The van der Waals surface area contributed by atoms with Gasteiger partial charge in [-0.1, -0.05) is 23.9 Å². The molecule has 1 N–H and O–H groups in total. The highest BCUT2D eigenvalue weighted by molar-refractivity contribution is 7.99. The van der Waals surface area contributed by atoms with Gasteiger partial charge in [0.2, 0.25) is 0 Å². The van der Waals surface area contributed by atoms with Gasteiger partial charge in [0, 0.05) is 29.4 Å². The van der Waals surface area contributed by atoms with Crippen molar-refractivity contribution < 1.29 is 23.0 Å². The Morgan fingerprint density at radius 1 is 1.00 bits per heavy atom. The second kappa shape index (κ2) is 7.94. The quantitative estimate of drug-likeness (QED) is 0.825. The zero-order chi connectivity index (χ0) is 19.7. The minimum atomic E-state index is -4.41. The second-order valence-corrected chi connectivity index (χ2v) is 8.01. The number of ether oxygens (including phenoxy) is 1. The molecule has 0 bridgehead atoms. The normalized spacial score (nSPS) is 18.5. The van der Waals surface area contributed by atoms with E-state index in [0.29, 0.717) is 25.4 Å². The van der Waals surface area contributed by atoms with E-state index in [4.69, 9.17) is 4.74 Å². The van der Waals surface area contributed by atoms with Crippen LogP contribution in [0.1, 0.15) is 5.56 Å². The van der Waals surface area contributed by atoms with Crippen molar-refractivity contribution in [2.75, 3.05) is 44.3 Å². The van der Waals surface area contributed by atoms with Gasteiger partial charge in [0.05, 0.1) is 42.8 Å². The molecule has 0 aromatic heterocycles. The van der Waals surface area contributed by atoms with E-state index in [1.54, 1.807) is 0 Å². The number of hydrogen-bond donors (Lipinski definition) is 1. The molecule has 0 radical (unpaired) electrons. The number of alkyl halides is 3. The van der Waals surface area contributed by atoms with Gasteiger partial charge in [-0.05, 0) is 30.3 Å². The summed E-state index contributed by atoms with van der Waals surface area (Å²) in [6, 6.07) is 11.4. The van der Waals surface area contributed by atoms with Crippen LogP contribution in [-0.2, 0) is 10.9 Å². The maximum absolute atomic E-state index is 13.3. The number of hydrogen-bond acceptors (Lipinski definition) is 5. The van der Waals surface area contributed by atoms with Crippen molar-refractivity contribution in [3.05, 3.63) is 48.0 Å². The molecule has 1 fully saturated rings. The predicted molar refractivity (Wildman–Crippen MR) is 102 cm³/mol. The molecule has 150 valence electrons. The van der Waals surface area contributed by atoms with Crippen LogP contribution in [0.5, 0.6) is 0 Å². The molecule has 1 unspecified atom stereocenters. The molecule has 2 heterocycles. The third-order valence-electron chi connectivity index (χ3n) is 4.92. The highest BCUT2D eigenvalue weighted by Gasteiger charge is 2.33. The van der Waals surface area contributed by atoms with Crippen molar-refractivity contribution >= 4 is 23.1 Å². The first-order valence-corrected chi connectivity index (χ1v) is 9.97. The first-order chi connectivity index (χ1) is 13.4. The van der Waals surface area contributed by atoms with E-state index >= 15 is 0 Å². The van der Waals surface area contributed by atoms with E-state index in [0.717, 1.165) is 34.6 Å². The van der Waals surface area contributed by atoms with Gasteiger partial charge >= 0.3 is 6.18 Å². The Balaban J connectivity index is 1.63.